The van der Waals surface area contributed by atoms with Gasteiger partial charge in [-0.2, -0.15) is 5.26 Å². The second-order valence-corrected chi connectivity index (χ2v) is 6.16. The van der Waals surface area contributed by atoms with Gasteiger partial charge in [-0.1, -0.05) is 36.4 Å². The van der Waals surface area contributed by atoms with Crippen molar-refractivity contribution in [3.05, 3.63) is 101 Å². The van der Waals surface area contributed by atoms with Crippen molar-refractivity contribution < 1.29 is 13.9 Å². The molecule has 0 aliphatic heterocycles. The number of aromatic nitrogens is 1. The Labute approximate surface area is 168 Å². The minimum atomic E-state index is -0.462. The Morgan fingerprint density at radius 3 is 2.62 bits per heavy atom. The predicted molar refractivity (Wildman–Crippen MR) is 107 cm³/mol. The van der Waals surface area contributed by atoms with Gasteiger partial charge in [0.05, 0.1) is 0 Å². The molecule has 0 aliphatic rings. The molecule has 6 heteroatoms. The fraction of sp³-hybridized carbons (Fsp3) is 0.0870. The number of amides is 1. The van der Waals surface area contributed by atoms with Gasteiger partial charge in [-0.3, -0.25) is 9.78 Å². The van der Waals surface area contributed by atoms with Gasteiger partial charge in [-0.25, -0.2) is 4.39 Å². The fourth-order valence-electron chi connectivity index (χ4n) is 2.53. The molecule has 0 unspecified atom stereocenters. The van der Waals surface area contributed by atoms with Gasteiger partial charge in [-0.15, -0.1) is 0 Å². The monoisotopic (exact) mass is 387 g/mol. The molecule has 1 aromatic heterocycles. The number of carbonyl (C=O) groups is 1. The van der Waals surface area contributed by atoms with Crippen LogP contribution < -0.4 is 10.1 Å². The maximum Gasteiger partial charge on any atom is 0.262 e. The van der Waals surface area contributed by atoms with Crippen molar-refractivity contribution in [2.45, 2.75) is 13.2 Å². The zero-order valence-corrected chi connectivity index (χ0v) is 15.5. The molecular formula is C23H18FN3O2. The van der Waals surface area contributed by atoms with Gasteiger partial charge in [0.25, 0.3) is 5.91 Å². The van der Waals surface area contributed by atoms with E-state index in [0.29, 0.717) is 16.9 Å². The minimum Gasteiger partial charge on any atom is -0.489 e. The van der Waals surface area contributed by atoms with Gasteiger partial charge in [0.1, 0.15) is 29.8 Å². The minimum absolute atomic E-state index is 0.00563. The smallest absolute Gasteiger partial charge is 0.262 e. The number of pyridine rings is 1. The molecule has 3 aromatic rings. The summed E-state index contributed by atoms with van der Waals surface area (Å²) < 4.78 is 19.2. The number of nitrogens with one attached hydrogen (secondary N) is 1. The van der Waals surface area contributed by atoms with E-state index in [-0.39, 0.29) is 24.5 Å². The highest BCUT2D eigenvalue weighted by molar-refractivity contribution is 6.01. The summed E-state index contributed by atoms with van der Waals surface area (Å²) in [4.78, 5) is 16.2. The van der Waals surface area contributed by atoms with Crippen molar-refractivity contribution >= 4 is 12.0 Å². The molecule has 0 saturated heterocycles. The number of carbonyl (C=O) groups excluding carboxylic acids is 1. The predicted octanol–water partition coefficient (Wildman–Crippen LogP) is 4.02. The lowest BCUT2D eigenvalue weighted by Gasteiger charge is -2.07. The Morgan fingerprint density at radius 2 is 1.93 bits per heavy atom. The van der Waals surface area contributed by atoms with E-state index in [9.17, 15) is 14.4 Å². The third-order valence-electron chi connectivity index (χ3n) is 4.08. The van der Waals surface area contributed by atoms with Crippen LogP contribution in [-0.4, -0.2) is 10.9 Å². The van der Waals surface area contributed by atoms with Gasteiger partial charge in [0.15, 0.2) is 0 Å². The maximum absolute atomic E-state index is 13.6. The lowest BCUT2D eigenvalue weighted by molar-refractivity contribution is -0.117. The highest BCUT2D eigenvalue weighted by Crippen LogP contribution is 2.17. The first-order valence-electron chi connectivity index (χ1n) is 8.91. The molecule has 1 amide bonds. The van der Waals surface area contributed by atoms with Gasteiger partial charge in [0.2, 0.25) is 0 Å². The highest BCUT2D eigenvalue weighted by atomic mass is 19.1. The van der Waals surface area contributed by atoms with E-state index in [1.54, 1.807) is 60.9 Å². The van der Waals surface area contributed by atoms with Gasteiger partial charge >= 0.3 is 0 Å². The molecule has 0 saturated carbocycles. The van der Waals surface area contributed by atoms with Crippen LogP contribution in [0, 0.1) is 17.1 Å². The summed E-state index contributed by atoms with van der Waals surface area (Å²) in [5, 5.41) is 12.0. The van der Waals surface area contributed by atoms with E-state index in [4.69, 9.17) is 4.74 Å². The van der Waals surface area contributed by atoms with E-state index in [1.807, 2.05) is 12.1 Å². The Morgan fingerprint density at radius 1 is 1.14 bits per heavy atom. The summed E-state index contributed by atoms with van der Waals surface area (Å²) in [7, 11) is 0. The van der Waals surface area contributed by atoms with Gasteiger partial charge in [-0.05, 0) is 41.5 Å². The lowest BCUT2D eigenvalue weighted by atomic mass is 10.1. The van der Waals surface area contributed by atoms with E-state index >= 15 is 0 Å². The summed E-state index contributed by atoms with van der Waals surface area (Å²) >= 11 is 0. The van der Waals surface area contributed by atoms with E-state index in [1.165, 1.54) is 12.1 Å². The number of benzene rings is 2. The van der Waals surface area contributed by atoms with Crippen molar-refractivity contribution in [1.29, 1.82) is 5.26 Å². The molecule has 5 nitrogen and oxygen atoms in total. The molecule has 0 aliphatic carbocycles. The summed E-state index contributed by atoms with van der Waals surface area (Å²) in [6, 6.07) is 18.8. The largest absolute Gasteiger partial charge is 0.489 e. The second kappa shape index (κ2) is 9.81. The molecule has 3 rings (SSSR count). The topological polar surface area (TPSA) is 75.0 Å². The van der Waals surface area contributed by atoms with Crippen LogP contribution in [0.25, 0.3) is 6.08 Å². The molecular weight excluding hydrogens is 369 g/mol. The van der Waals surface area contributed by atoms with Crippen LogP contribution in [-0.2, 0) is 17.9 Å². The van der Waals surface area contributed by atoms with Crippen LogP contribution in [0.4, 0.5) is 4.39 Å². The molecule has 1 heterocycles. The quantitative estimate of drug-likeness (QED) is 0.491. The molecule has 1 N–H and O–H groups in total. The van der Waals surface area contributed by atoms with Crippen LogP contribution in [0.1, 0.15) is 16.7 Å². The third-order valence-corrected chi connectivity index (χ3v) is 4.08. The zero-order valence-electron chi connectivity index (χ0n) is 15.5. The Hall–Kier alpha value is -3.98. The Bertz CT molecular complexity index is 1040. The number of halogens is 1. The van der Waals surface area contributed by atoms with E-state index in [0.717, 1.165) is 5.56 Å². The number of ether oxygens (including phenoxy) is 1. The van der Waals surface area contributed by atoms with Crippen LogP contribution in [0.2, 0.25) is 0 Å². The van der Waals surface area contributed by atoms with Crippen molar-refractivity contribution in [2.24, 2.45) is 0 Å². The lowest BCUT2D eigenvalue weighted by Crippen LogP contribution is -2.23. The van der Waals surface area contributed by atoms with Crippen molar-refractivity contribution in [2.75, 3.05) is 0 Å². The van der Waals surface area contributed by atoms with Crippen LogP contribution in [0.15, 0.2) is 78.6 Å². The van der Waals surface area contributed by atoms with E-state index < -0.39 is 5.91 Å². The first kappa shape index (κ1) is 19.8. The average Bonchev–Trinajstić information content (AvgIpc) is 2.77. The first-order chi connectivity index (χ1) is 14.2. The van der Waals surface area contributed by atoms with Crippen LogP contribution in [0.5, 0.6) is 5.75 Å². The summed E-state index contributed by atoms with van der Waals surface area (Å²) in [6.45, 7) is 0.399. The second-order valence-electron chi connectivity index (χ2n) is 6.16. The Balaban J connectivity index is 1.60. The summed E-state index contributed by atoms with van der Waals surface area (Å²) in [6.07, 6.45) is 4.80. The SMILES string of the molecule is N#CC(=Cc1ccc(OCc2ccccc2F)cc1)C(=O)NCc1cccnc1. The van der Waals surface area contributed by atoms with Gasteiger partial charge < -0.3 is 10.1 Å². The standard InChI is InChI=1S/C23H18FN3O2/c24-22-6-2-1-5-19(22)16-29-21-9-7-17(8-10-21)12-20(13-25)23(28)27-15-18-4-3-11-26-14-18/h1-12,14H,15-16H2,(H,27,28). The highest BCUT2D eigenvalue weighted by Gasteiger charge is 2.09. The Kier molecular flexibility index (Phi) is 6.69. The number of hydrogen-bond acceptors (Lipinski definition) is 4. The molecule has 0 radical (unpaired) electrons. The van der Waals surface area contributed by atoms with Crippen molar-refractivity contribution in [3.8, 4) is 11.8 Å². The number of rotatable bonds is 7. The normalized spacial score (nSPS) is 10.8. The maximum atomic E-state index is 13.6. The molecule has 0 atom stereocenters. The third kappa shape index (κ3) is 5.75. The molecule has 144 valence electrons. The van der Waals surface area contributed by atoms with Crippen LogP contribution >= 0.6 is 0 Å². The summed E-state index contributed by atoms with van der Waals surface area (Å²) in [5.74, 6) is -0.218. The molecule has 0 fully saturated rings. The number of hydrogen-bond donors (Lipinski definition) is 1. The summed E-state index contributed by atoms with van der Waals surface area (Å²) in [5.41, 5.74) is 1.98. The van der Waals surface area contributed by atoms with Crippen LogP contribution in [0.3, 0.4) is 0 Å². The fourth-order valence-corrected chi connectivity index (χ4v) is 2.53. The molecule has 2 aromatic carbocycles. The molecule has 29 heavy (non-hydrogen) atoms. The van der Waals surface area contributed by atoms with Crippen molar-refractivity contribution in [1.82, 2.24) is 10.3 Å². The first-order valence-corrected chi connectivity index (χ1v) is 8.91. The number of nitrogens with zero attached hydrogens (tertiary/aromatic N) is 2. The van der Waals surface area contributed by atoms with Gasteiger partial charge in [0, 0.05) is 24.5 Å². The van der Waals surface area contributed by atoms with E-state index in [2.05, 4.69) is 10.3 Å². The number of nitriles is 1. The van der Waals surface area contributed by atoms with Crippen molar-refractivity contribution in [3.63, 3.8) is 0 Å². The average molecular weight is 387 g/mol. The molecule has 0 bridgehead atoms. The molecule has 0 spiro atoms. The zero-order chi connectivity index (χ0) is 20.5.